The van der Waals surface area contributed by atoms with E-state index in [2.05, 4.69) is 15.3 Å². The minimum Gasteiger partial charge on any atom is -0.494 e. The maximum atomic E-state index is 14.6. The fourth-order valence-corrected chi connectivity index (χ4v) is 3.43. The molecule has 0 saturated heterocycles. The molecule has 4 rings (SSSR count). The van der Waals surface area contributed by atoms with Crippen LogP contribution in [0, 0.1) is 11.6 Å². The van der Waals surface area contributed by atoms with E-state index in [0.717, 1.165) is 5.56 Å². The Morgan fingerprint density at radius 2 is 2.00 bits per heavy atom. The van der Waals surface area contributed by atoms with E-state index in [-0.39, 0.29) is 11.3 Å². The average molecular weight is 423 g/mol. The number of aromatic nitrogens is 3. The summed E-state index contributed by atoms with van der Waals surface area (Å²) in [5.41, 5.74) is 8.18. The van der Waals surface area contributed by atoms with Gasteiger partial charge in [0, 0.05) is 29.2 Å². The van der Waals surface area contributed by atoms with Crippen LogP contribution >= 0.6 is 0 Å². The highest BCUT2D eigenvalue weighted by molar-refractivity contribution is 5.95. The van der Waals surface area contributed by atoms with Crippen molar-refractivity contribution in [2.24, 2.45) is 5.73 Å². The number of carbonyl (C=O) groups excluding carboxylic acids is 1. The van der Waals surface area contributed by atoms with E-state index in [9.17, 15) is 13.6 Å². The second-order valence-electron chi connectivity index (χ2n) is 6.77. The first-order chi connectivity index (χ1) is 14.9. The Morgan fingerprint density at radius 1 is 1.19 bits per heavy atom. The van der Waals surface area contributed by atoms with Crippen LogP contribution in [0.15, 0.2) is 48.9 Å². The number of halogens is 2. The largest absolute Gasteiger partial charge is 0.494 e. The van der Waals surface area contributed by atoms with Gasteiger partial charge in [0.1, 0.15) is 0 Å². The van der Waals surface area contributed by atoms with Crippen molar-refractivity contribution in [2.75, 3.05) is 12.4 Å². The fraction of sp³-hybridized carbons (Fsp3) is 0.136. The molecule has 0 aliphatic rings. The average Bonchev–Trinajstić information content (AvgIpc) is 3.20. The zero-order valence-electron chi connectivity index (χ0n) is 16.8. The van der Waals surface area contributed by atoms with Gasteiger partial charge in [0.15, 0.2) is 23.0 Å². The van der Waals surface area contributed by atoms with Crippen LogP contribution in [0.5, 0.6) is 5.75 Å². The summed E-state index contributed by atoms with van der Waals surface area (Å²) in [6.45, 7) is 1.92. The van der Waals surface area contributed by atoms with Crippen LogP contribution < -0.4 is 15.8 Å². The third-order valence-corrected chi connectivity index (χ3v) is 4.99. The van der Waals surface area contributed by atoms with Gasteiger partial charge < -0.3 is 15.8 Å². The molecule has 2 aromatic heterocycles. The van der Waals surface area contributed by atoms with Crippen molar-refractivity contribution in [3.8, 4) is 17.0 Å². The molecule has 7 nitrogen and oxygen atoms in total. The van der Waals surface area contributed by atoms with Gasteiger partial charge in [-0.15, -0.1) is 0 Å². The van der Waals surface area contributed by atoms with Crippen LogP contribution in [0.25, 0.3) is 16.9 Å². The first kappa shape index (κ1) is 20.3. The van der Waals surface area contributed by atoms with Crippen LogP contribution in [-0.2, 0) is 6.42 Å². The summed E-state index contributed by atoms with van der Waals surface area (Å²) >= 11 is 0. The second-order valence-corrected chi connectivity index (χ2v) is 6.77. The van der Waals surface area contributed by atoms with Gasteiger partial charge in [0.2, 0.25) is 11.7 Å². The fourth-order valence-electron chi connectivity index (χ4n) is 3.43. The molecule has 0 fully saturated rings. The number of fused-ring (bicyclic) bond motifs is 1. The summed E-state index contributed by atoms with van der Waals surface area (Å²) < 4.78 is 35.2. The molecule has 0 unspecified atom stereocenters. The van der Waals surface area contributed by atoms with E-state index < -0.39 is 17.5 Å². The Hall–Kier alpha value is -4.01. The molecule has 9 heteroatoms. The molecular formula is C22H19F2N5O2. The van der Waals surface area contributed by atoms with Crippen LogP contribution in [0.3, 0.4) is 0 Å². The Bertz CT molecular complexity index is 1300. The Morgan fingerprint density at radius 3 is 2.71 bits per heavy atom. The maximum Gasteiger partial charge on any atom is 0.248 e. The number of nitrogens with two attached hydrogens (primary N) is 1. The highest BCUT2D eigenvalue weighted by Crippen LogP contribution is 2.31. The van der Waals surface area contributed by atoms with Gasteiger partial charge in [-0.05, 0) is 42.3 Å². The number of methoxy groups -OCH3 is 1. The molecular weight excluding hydrogens is 404 g/mol. The predicted octanol–water partition coefficient (Wildman–Crippen LogP) is 4.09. The maximum absolute atomic E-state index is 14.6. The van der Waals surface area contributed by atoms with Crippen molar-refractivity contribution in [3.05, 3.63) is 71.7 Å². The topological polar surface area (TPSA) is 94.5 Å². The summed E-state index contributed by atoms with van der Waals surface area (Å²) in [5.74, 6) is -2.34. The van der Waals surface area contributed by atoms with Crippen molar-refractivity contribution in [2.45, 2.75) is 13.3 Å². The lowest BCUT2D eigenvalue weighted by atomic mass is 10.0. The number of ether oxygens (including phenoxy) is 1. The molecule has 0 saturated carbocycles. The molecule has 2 aromatic carbocycles. The van der Waals surface area contributed by atoms with Crippen LogP contribution in [0.1, 0.15) is 22.8 Å². The van der Waals surface area contributed by atoms with Gasteiger partial charge >= 0.3 is 0 Å². The number of amides is 1. The van der Waals surface area contributed by atoms with E-state index in [0.29, 0.717) is 34.8 Å². The van der Waals surface area contributed by atoms with E-state index in [1.165, 1.54) is 31.6 Å². The van der Waals surface area contributed by atoms with Crippen LogP contribution in [0.2, 0.25) is 0 Å². The molecule has 2 heterocycles. The van der Waals surface area contributed by atoms with E-state index in [4.69, 9.17) is 10.5 Å². The minimum atomic E-state index is -1.07. The summed E-state index contributed by atoms with van der Waals surface area (Å²) in [7, 11) is 1.27. The standard InChI is InChI=1S/C22H19F2N5O2/c1-3-12-10-13(4-5-14(12)20(25)30)28-21-22-27-11-16(29(22)9-8-26-21)15-6-7-17(31-2)19(24)18(15)23/h4-11H,3H2,1-2H3,(H2,25,30)(H,26,28). The van der Waals surface area contributed by atoms with Gasteiger partial charge in [0.25, 0.3) is 0 Å². The number of primary amides is 1. The van der Waals surface area contributed by atoms with Crippen LogP contribution in [-0.4, -0.2) is 27.4 Å². The van der Waals surface area contributed by atoms with Crippen molar-refractivity contribution in [1.29, 1.82) is 0 Å². The molecule has 0 spiro atoms. The number of nitrogens with zero attached hydrogens (tertiary/aromatic N) is 3. The third kappa shape index (κ3) is 3.54. The number of carbonyl (C=O) groups is 1. The quantitative estimate of drug-likeness (QED) is 0.487. The predicted molar refractivity (Wildman–Crippen MR) is 113 cm³/mol. The minimum absolute atomic E-state index is 0.0435. The lowest BCUT2D eigenvalue weighted by molar-refractivity contribution is 0.0999. The normalized spacial score (nSPS) is 11.0. The number of hydrogen-bond acceptors (Lipinski definition) is 5. The molecule has 0 bridgehead atoms. The molecule has 31 heavy (non-hydrogen) atoms. The summed E-state index contributed by atoms with van der Waals surface area (Å²) in [5, 5.41) is 3.16. The Kier molecular flexibility index (Phi) is 5.24. The Balaban J connectivity index is 1.76. The number of rotatable bonds is 6. The van der Waals surface area contributed by atoms with Gasteiger partial charge in [-0.2, -0.15) is 4.39 Å². The van der Waals surface area contributed by atoms with Gasteiger partial charge in [0.05, 0.1) is 19.0 Å². The number of imidazole rings is 1. The van der Waals surface area contributed by atoms with E-state index in [1.54, 1.807) is 22.7 Å². The lowest BCUT2D eigenvalue weighted by Gasteiger charge is -2.11. The number of aryl methyl sites for hydroxylation is 1. The molecule has 4 aromatic rings. The molecule has 1 amide bonds. The van der Waals surface area contributed by atoms with E-state index in [1.807, 2.05) is 13.0 Å². The van der Waals surface area contributed by atoms with Crippen molar-refractivity contribution >= 4 is 23.1 Å². The number of benzene rings is 2. The number of hydrogen-bond donors (Lipinski definition) is 2. The molecule has 3 N–H and O–H groups in total. The van der Waals surface area contributed by atoms with Crippen molar-refractivity contribution in [3.63, 3.8) is 0 Å². The first-order valence-electron chi connectivity index (χ1n) is 9.48. The monoisotopic (exact) mass is 423 g/mol. The molecule has 0 atom stereocenters. The lowest BCUT2D eigenvalue weighted by Crippen LogP contribution is -2.13. The summed E-state index contributed by atoms with van der Waals surface area (Å²) in [4.78, 5) is 20.2. The van der Waals surface area contributed by atoms with Gasteiger partial charge in [-0.1, -0.05) is 6.92 Å². The number of anilines is 2. The highest BCUT2D eigenvalue weighted by Gasteiger charge is 2.19. The van der Waals surface area contributed by atoms with Gasteiger partial charge in [-0.25, -0.2) is 14.4 Å². The summed E-state index contributed by atoms with van der Waals surface area (Å²) in [6, 6.07) is 7.97. The van der Waals surface area contributed by atoms with Crippen molar-refractivity contribution in [1.82, 2.24) is 14.4 Å². The summed E-state index contributed by atoms with van der Waals surface area (Å²) in [6.07, 6.45) is 5.20. The number of nitrogens with one attached hydrogen (secondary N) is 1. The molecule has 0 radical (unpaired) electrons. The molecule has 0 aliphatic carbocycles. The van der Waals surface area contributed by atoms with Crippen LogP contribution in [0.4, 0.5) is 20.3 Å². The highest BCUT2D eigenvalue weighted by atomic mass is 19.2. The van der Waals surface area contributed by atoms with Gasteiger partial charge in [-0.3, -0.25) is 9.20 Å². The molecule has 0 aliphatic heterocycles. The smallest absolute Gasteiger partial charge is 0.248 e. The van der Waals surface area contributed by atoms with Crippen molar-refractivity contribution < 1.29 is 18.3 Å². The third-order valence-electron chi connectivity index (χ3n) is 4.99. The SMILES string of the molecule is CCc1cc(Nc2nccn3c(-c4ccc(OC)c(F)c4F)cnc23)ccc1C(N)=O. The second kappa shape index (κ2) is 8.02. The molecule has 158 valence electrons. The Labute approximate surface area is 176 Å². The zero-order chi connectivity index (χ0) is 22.1. The van der Waals surface area contributed by atoms with E-state index >= 15 is 0 Å². The first-order valence-corrected chi connectivity index (χ1v) is 9.48. The zero-order valence-corrected chi connectivity index (χ0v) is 16.8.